The zero-order chi connectivity index (χ0) is 16.6. The quantitative estimate of drug-likeness (QED) is 0.657. The molecule has 0 aliphatic carbocycles. The third-order valence-electron chi connectivity index (χ3n) is 3.38. The lowest BCUT2D eigenvalue weighted by atomic mass is 10.2. The standard InChI is InChI=1S/C17H12F3NO2/c1-10(22)15-9-11-3-2-4-14(16(11)23-15)21-13-7-5-12(6-8-13)17(18,19)20/h2-9,21H,1H3. The molecule has 0 fully saturated rings. The first-order chi connectivity index (χ1) is 10.8. The molecular weight excluding hydrogens is 307 g/mol. The van der Waals surface area contributed by atoms with Crippen LogP contribution in [0.2, 0.25) is 0 Å². The third-order valence-corrected chi connectivity index (χ3v) is 3.38. The third kappa shape index (κ3) is 3.06. The zero-order valence-electron chi connectivity index (χ0n) is 12.1. The van der Waals surface area contributed by atoms with Gasteiger partial charge in [0.25, 0.3) is 0 Å². The molecule has 0 amide bonds. The predicted octanol–water partition coefficient (Wildman–Crippen LogP) is 5.40. The van der Waals surface area contributed by atoms with E-state index in [0.29, 0.717) is 17.0 Å². The maximum atomic E-state index is 12.6. The van der Waals surface area contributed by atoms with E-state index >= 15 is 0 Å². The maximum absolute atomic E-state index is 12.6. The summed E-state index contributed by atoms with van der Waals surface area (Å²) in [7, 11) is 0. The molecule has 3 rings (SSSR count). The Labute approximate surface area is 129 Å². The number of furan rings is 1. The second kappa shape index (κ2) is 5.46. The van der Waals surface area contributed by atoms with Crippen LogP contribution in [0.5, 0.6) is 0 Å². The van der Waals surface area contributed by atoms with Gasteiger partial charge in [-0.05, 0) is 36.4 Å². The number of carbonyl (C=O) groups excluding carboxylic acids is 1. The van der Waals surface area contributed by atoms with Crippen molar-refractivity contribution in [3.05, 3.63) is 59.9 Å². The minimum Gasteiger partial charge on any atom is -0.451 e. The van der Waals surface area contributed by atoms with Gasteiger partial charge in [-0.25, -0.2) is 0 Å². The van der Waals surface area contributed by atoms with E-state index in [4.69, 9.17) is 4.42 Å². The average molecular weight is 319 g/mol. The molecule has 0 bridgehead atoms. The van der Waals surface area contributed by atoms with Crippen molar-refractivity contribution in [2.45, 2.75) is 13.1 Å². The van der Waals surface area contributed by atoms with Crippen molar-refractivity contribution in [1.82, 2.24) is 0 Å². The minimum atomic E-state index is -4.37. The van der Waals surface area contributed by atoms with Gasteiger partial charge in [0.05, 0.1) is 11.3 Å². The Morgan fingerprint density at radius 3 is 2.39 bits per heavy atom. The van der Waals surface area contributed by atoms with Crippen LogP contribution in [-0.4, -0.2) is 5.78 Å². The van der Waals surface area contributed by atoms with Gasteiger partial charge >= 0.3 is 6.18 Å². The molecule has 3 nitrogen and oxygen atoms in total. The number of anilines is 2. The average Bonchev–Trinajstić information content (AvgIpc) is 2.92. The van der Waals surface area contributed by atoms with Crippen LogP contribution in [0.15, 0.2) is 52.9 Å². The fraction of sp³-hybridized carbons (Fsp3) is 0.118. The number of rotatable bonds is 3. The molecule has 0 radical (unpaired) electrons. The normalized spacial score (nSPS) is 11.7. The zero-order valence-corrected chi connectivity index (χ0v) is 12.1. The van der Waals surface area contributed by atoms with Gasteiger partial charge in [0.15, 0.2) is 17.1 Å². The summed E-state index contributed by atoms with van der Waals surface area (Å²) in [4.78, 5) is 11.4. The summed E-state index contributed by atoms with van der Waals surface area (Å²) in [6.45, 7) is 1.40. The number of hydrogen-bond donors (Lipinski definition) is 1. The van der Waals surface area contributed by atoms with Crippen LogP contribution in [-0.2, 0) is 6.18 Å². The highest BCUT2D eigenvalue weighted by Gasteiger charge is 2.29. The van der Waals surface area contributed by atoms with Crippen LogP contribution in [0.3, 0.4) is 0 Å². The number of para-hydroxylation sites is 1. The highest BCUT2D eigenvalue weighted by Crippen LogP contribution is 2.32. The molecule has 1 aromatic heterocycles. The van der Waals surface area contributed by atoms with Crippen molar-refractivity contribution in [2.24, 2.45) is 0 Å². The Morgan fingerprint density at radius 2 is 1.78 bits per heavy atom. The molecule has 0 saturated heterocycles. The largest absolute Gasteiger partial charge is 0.451 e. The molecule has 0 saturated carbocycles. The van der Waals surface area contributed by atoms with E-state index in [1.54, 1.807) is 24.3 Å². The Balaban J connectivity index is 1.93. The SMILES string of the molecule is CC(=O)c1cc2cccc(Nc3ccc(C(F)(F)F)cc3)c2o1. The molecule has 0 aliphatic heterocycles. The van der Waals surface area contributed by atoms with Gasteiger partial charge in [0.1, 0.15) is 0 Å². The summed E-state index contributed by atoms with van der Waals surface area (Å²) >= 11 is 0. The van der Waals surface area contributed by atoms with Crippen molar-refractivity contribution < 1.29 is 22.4 Å². The number of ketones is 1. The Morgan fingerprint density at radius 1 is 1.09 bits per heavy atom. The van der Waals surface area contributed by atoms with Gasteiger partial charge < -0.3 is 9.73 Å². The second-order valence-corrected chi connectivity index (χ2v) is 5.09. The molecule has 1 N–H and O–H groups in total. The lowest BCUT2D eigenvalue weighted by Gasteiger charge is -2.09. The van der Waals surface area contributed by atoms with Gasteiger partial charge in [0, 0.05) is 18.0 Å². The van der Waals surface area contributed by atoms with Crippen molar-refractivity contribution in [3.63, 3.8) is 0 Å². The van der Waals surface area contributed by atoms with E-state index in [9.17, 15) is 18.0 Å². The predicted molar refractivity (Wildman–Crippen MR) is 80.9 cm³/mol. The molecule has 6 heteroatoms. The summed E-state index contributed by atoms with van der Waals surface area (Å²) in [5.74, 6) is 0.0448. The van der Waals surface area contributed by atoms with Gasteiger partial charge in [0.2, 0.25) is 0 Å². The molecule has 23 heavy (non-hydrogen) atoms. The van der Waals surface area contributed by atoms with E-state index in [1.807, 2.05) is 0 Å². The van der Waals surface area contributed by atoms with Gasteiger partial charge in [-0.2, -0.15) is 13.2 Å². The lowest BCUT2D eigenvalue weighted by molar-refractivity contribution is -0.137. The minimum absolute atomic E-state index is 0.193. The Hall–Kier alpha value is -2.76. The fourth-order valence-electron chi connectivity index (χ4n) is 2.23. The summed E-state index contributed by atoms with van der Waals surface area (Å²) in [5.41, 5.74) is 0.844. The van der Waals surface area contributed by atoms with Crippen molar-refractivity contribution >= 4 is 28.1 Å². The monoisotopic (exact) mass is 319 g/mol. The summed E-state index contributed by atoms with van der Waals surface area (Å²) < 4.78 is 43.2. The Kier molecular flexibility index (Phi) is 3.60. The van der Waals surface area contributed by atoms with Crippen LogP contribution in [0.1, 0.15) is 23.0 Å². The molecule has 0 unspecified atom stereocenters. The van der Waals surface area contributed by atoms with Crippen molar-refractivity contribution in [3.8, 4) is 0 Å². The van der Waals surface area contributed by atoms with Gasteiger partial charge in [-0.15, -0.1) is 0 Å². The van der Waals surface area contributed by atoms with Crippen molar-refractivity contribution in [1.29, 1.82) is 0 Å². The number of nitrogens with one attached hydrogen (secondary N) is 1. The number of fused-ring (bicyclic) bond motifs is 1. The summed E-state index contributed by atoms with van der Waals surface area (Å²) in [6.07, 6.45) is -4.37. The summed E-state index contributed by atoms with van der Waals surface area (Å²) in [5, 5.41) is 3.75. The first-order valence-corrected chi connectivity index (χ1v) is 6.82. The van der Waals surface area contributed by atoms with Gasteiger partial charge in [-0.1, -0.05) is 12.1 Å². The Bertz CT molecular complexity index is 864. The maximum Gasteiger partial charge on any atom is 0.416 e. The van der Waals surface area contributed by atoms with Crippen molar-refractivity contribution in [2.75, 3.05) is 5.32 Å². The highest BCUT2D eigenvalue weighted by atomic mass is 19.4. The van der Waals surface area contributed by atoms with Crippen LogP contribution >= 0.6 is 0 Å². The molecule has 0 aliphatic rings. The molecule has 0 spiro atoms. The number of Topliss-reactive ketones (excluding diaryl/α,β-unsaturated/α-hetero) is 1. The molecule has 1 heterocycles. The van der Waals surface area contributed by atoms with Crippen LogP contribution < -0.4 is 5.32 Å². The molecular formula is C17H12F3NO2. The number of alkyl halides is 3. The number of benzene rings is 2. The first-order valence-electron chi connectivity index (χ1n) is 6.82. The van der Waals surface area contributed by atoms with E-state index in [-0.39, 0.29) is 11.5 Å². The number of hydrogen-bond acceptors (Lipinski definition) is 3. The van der Waals surface area contributed by atoms with E-state index < -0.39 is 11.7 Å². The second-order valence-electron chi connectivity index (χ2n) is 5.09. The fourth-order valence-corrected chi connectivity index (χ4v) is 2.23. The number of carbonyl (C=O) groups is 1. The van der Waals surface area contributed by atoms with E-state index in [2.05, 4.69) is 5.32 Å². The highest BCUT2D eigenvalue weighted by molar-refractivity contribution is 5.99. The number of halogens is 3. The molecule has 118 valence electrons. The lowest BCUT2D eigenvalue weighted by Crippen LogP contribution is -2.04. The smallest absolute Gasteiger partial charge is 0.416 e. The molecule has 3 aromatic rings. The first kappa shape index (κ1) is 15.1. The topological polar surface area (TPSA) is 42.2 Å². The van der Waals surface area contributed by atoms with Gasteiger partial charge in [-0.3, -0.25) is 4.79 Å². The van der Waals surface area contributed by atoms with Crippen LogP contribution in [0.4, 0.5) is 24.5 Å². The van der Waals surface area contributed by atoms with E-state index in [1.165, 1.54) is 19.1 Å². The van der Waals surface area contributed by atoms with Crippen LogP contribution in [0, 0.1) is 0 Å². The van der Waals surface area contributed by atoms with Crippen LogP contribution in [0.25, 0.3) is 11.0 Å². The van der Waals surface area contributed by atoms with E-state index in [0.717, 1.165) is 17.5 Å². The molecule has 0 atom stereocenters. The molecule has 2 aromatic carbocycles. The summed E-state index contributed by atoms with van der Waals surface area (Å²) in [6, 6.07) is 11.6.